The standard InChI is InChI=1S/C11H23N3OS/c1-3-4-12-11(16)13-10(2)9-14-5-7-15-8-6-14/h10H,3-9H2,1-2H3,(H2,12,13,16). The summed E-state index contributed by atoms with van der Waals surface area (Å²) < 4.78 is 5.32. The normalized spacial score (nSPS) is 19.1. The van der Waals surface area contributed by atoms with E-state index in [1.165, 1.54) is 0 Å². The van der Waals surface area contributed by atoms with Crippen LogP contribution in [0, 0.1) is 0 Å². The molecular weight excluding hydrogens is 222 g/mol. The van der Waals surface area contributed by atoms with Gasteiger partial charge in [0, 0.05) is 32.2 Å². The highest BCUT2D eigenvalue weighted by Crippen LogP contribution is 1.98. The van der Waals surface area contributed by atoms with Gasteiger partial charge in [-0.15, -0.1) is 0 Å². The van der Waals surface area contributed by atoms with Crippen LogP contribution in [-0.2, 0) is 4.74 Å². The third kappa shape index (κ3) is 5.63. The molecule has 94 valence electrons. The molecule has 1 aliphatic heterocycles. The van der Waals surface area contributed by atoms with E-state index >= 15 is 0 Å². The Balaban J connectivity index is 2.13. The van der Waals surface area contributed by atoms with Gasteiger partial charge in [0.25, 0.3) is 0 Å². The molecule has 1 unspecified atom stereocenters. The summed E-state index contributed by atoms with van der Waals surface area (Å²) >= 11 is 5.20. The van der Waals surface area contributed by atoms with Crippen molar-refractivity contribution in [1.29, 1.82) is 0 Å². The van der Waals surface area contributed by atoms with Gasteiger partial charge in [0.1, 0.15) is 0 Å². The number of nitrogens with zero attached hydrogens (tertiary/aromatic N) is 1. The van der Waals surface area contributed by atoms with Gasteiger partial charge >= 0.3 is 0 Å². The van der Waals surface area contributed by atoms with E-state index in [-0.39, 0.29) is 0 Å². The molecule has 0 aromatic rings. The van der Waals surface area contributed by atoms with E-state index in [1.807, 2.05) is 0 Å². The molecule has 5 heteroatoms. The quantitative estimate of drug-likeness (QED) is 0.693. The molecule has 16 heavy (non-hydrogen) atoms. The highest BCUT2D eigenvalue weighted by Gasteiger charge is 2.13. The van der Waals surface area contributed by atoms with Gasteiger partial charge in [-0.25, -0.2) is 0 Å². The highest BCUT2D eigenvalue weighted by molar-refractivity contribution is 7.80. The molecule has 1 rings (SSSR count). The van der Waals surface area contributed by atoms with E-state index in [9.17, 15) is 0 Å². The fourth-order valence-electron chi connectivity index (χ4n) is 1.73. The first kappa shape index (κ1) is 13.7. The van der Waals surface area contributed by atoms with Gasteiger partial charge in [-0.05, 0) is 25.6 Å². The Morgan fingerprint density at radius 1 is 1.44 bits per heavy atom. The van der Waals surface area contributed by atoms with Gasteiger partial charge < -0.3 is 15.4 Å². The van der Waals surface area contributed by atoms with Crippen molar-refractivity contribution in [3.63, 3.8) is 0 Å². The Hall–Kier alpha value is -0.390. The van der Waals surface area contributed by atoms with Crippen LogP contribution >= 0.6 is 12.2 Å². The van der Waals surface area contributed by atoms with E-state index in [1.54, 1.807) is 0 Å². The Morgan fingerprint density at radius 3 is 2.75 bits per heavy atom. The molecule has 2 N–H and O–H groups in total. The van der Waals surface area contributed by atoms with E-state index in [0.29, 0.717) is 6.04 Å². The maximum absolute atomic E-state index is 5.32. The maximum Gasteiger partial charge on any atom is 0.166 e. The summed E-state index contributed by atoms with van der Waals surface area (Å²) in [6.45, 7) is 10.0. The first-order chi connectivity index (χ1) is 7.72. The molecule has 0 radical (unpaired) electrons. The van der Waals surface area contributed by atoms with E-state index in [4.69, 9.17) is 17.0 Å². The van der Waals surface area contributed by atoms with Crippen LogP contribution in [0.15, 0.2) is 0 Å². The molecule has 0 aromatic heterocycles. The molecular formula is C11H23N3OS. The molecule has 1 aliphatic rings. The number of hydrogen-bond acceptors (Lipinski definition) is 3. The van der Waals surface area contributed by atoms with Crippen molar-refractivity contribution in [2.24, 2.45) is 0 Å². The molecule has 4 nitrogen and oxygen atoms in total. The number of nitrogens with one attached hydrogen (secondary N) is 2. The molecule has 1 saturated heterocycles. The summed E-state index contributed by atoms with van der Waals surface area (Å²) in [5.74, 6) is 0. The summed E-state index contributed by atoms with van der Waals surface area (Å²) in [6.07, 6.45) is 1.10. The first-order valence-corrected chi connectivity index (χ1v) is 6.47. The van der Waals surface area contributed by atoms with E-state index < -0.39 is 0 Å². The van der Waals surface area contributed by atoms with Crippen molar-refractivity contribution in [2.75, 3.05) is 39.4 Å². The van der Waals surface area contributed by atoms with Crippen LogP contribution in [0.5, 0.6) is 0 Å². The third-order valence-corrected chi connectivity index (χ3v) is 2.81. The number of rotatable bonds is 5. The minimum Gasteiger partial charge on any atom is -0.379 e. The van der Waals surface area contributed by atoms with Crippen molar-refractivity contribution in [3.8, 4) is 0 Å². The predicted octanol–water partition coefficient (Wildman–Crippen LogP) is 0.581. The van der Waals surface area contributed by atoms with E-state index in [2.05, 4.69) is 29.4 Å². The van der Waals surface area contributed by atoms with Gasteiger partial charge in [0.05, 0.1) is 13.2 Å². The molecule has 0 aliphatic carbocycles. The lowest BCUT2D eigenvalue weighted by atomic mass is 10.3. The second-order valence-corrected chi connectivity index (χ2v) is 4.62. The van der Waals surface area contributed by atoms with Crippen molar-refractivity contribution >= 4 is 17.3 Å². The fraction of sp³-hybridized carbons (Fsp3) is 0.909. The van der Waals surface area contributed by atoms with E-state index in [0.717, 1.165) is 50.9 Å². The van der Waals surface area contributed by atoms with Gasteiger partial charge in [0.15, 0.2) is 5.11 Å². The smallest absolute Gasteiger partial charge is 0.166 e. The molecule has 1 heterocycles. The SMILES string of the molecule is CCCNC(=S)NC(C)CN1CCOCC1. The third-order valence-electron chi connectivity index (χ3n) is 2.55. The first-order valence-electron chi connectivity index (χ1n) is 6.07. The summed E-state index contributed by atoms with van der Waals surface area (Å²) in [5.41, 5.74) is 0. The lowest BCUT2D eigenvalue weighted by Crippen LogP contribution is -2.48. The fourth-order valence-corrected chi connectivity index (χ4v) is 2.03. The van der Waals surface area contributed by atoms with Crippen LogP contribution in [0.3, 0.4) is 0 Å². The van der Waals surface area contributed by atoms with Crippen LogP contribution < -0.4 is 10.6 Å². The number of thiocarbonyl (C=S) groups is 1. The summed E-state index contributed by atoms with van der Waals surface area (Å²) in [6, 6.07) is 0.384. The lowest BCUT2D eigenvalue weighted by molar-refractivity contribution is 0.0352. The largest absolute Gasteiger partial charge is 0.379 e. The van der Waals surface area contributed by atoms with Crippen LogP contribution in [-0.4, -0.2) is 55.4 Å². The van der Waals surface area contributed by atoms with Gasteiger partial charge in [-0.1, -0.05) is 6.92 Å². The van der Waals surface area contributed by atoms with Crippen molar-refractivity contribution in [2.45, 2.75) is 26.3 Å². The van der Waals surface area contributed by atoms with Crippen LogP contribution in [0.4, 0.5) is 0 Å². The van der Waals surface area contributed by atoms with Gasteiger partial charge in [-0.2, -0.15) is 0 Å². The van der Waals surface area contributed by atoms with Crippen molar-refractivity contribution in [1.82, 2.24) is 15.5 Å². The monoisotopic (exact) mass is 245 g/mol. The molecule has 0 spiro atoms. The van der Waals surface area contributed by atoms with Crippen LogP contribution in [0.2, 0.25) is 0 Å². The Morgan fingerprint density at radius 2 is 2.12 bits per heavy atom. The second-order valence-electron chi connectivity index (χ2n) is 4.21. The van der Waals surface area contributed by atoms with Crippen LogP contribution in [0.1, 0.15) is 20.3 Å². The number of hydrogen-bond donors (Lipinski definition) is 2. The molecule has 0 saturated carbocycles. The van der Waals surface area contributed by atoms with Gasteiger partial charge in [0.2, 0.25) is 0 Å². The molecule has 0 aromatic carbocycles. The minimum absolute atomic E-state index is 0.384. The Bertz CT molecular complexity index is 207. The molecule has 0 amide bonds. The molecule has 0 bridgehead atoms. The number of ether oxygens (including phenoxy) is 1. The van der Waals surface area contributed by atoms with Crippen LogP contribution in [0.25, 0.3) is 0 Å². The maximum atomic E-state index is 5.32. The van der Waals surface area contributed by atoms with Crippen molar-refractivity contribution in [3.05, 3.63) is 0 Å². The lowest BCUT2D eigenvalue weighted by Gasteiger charge is -2.29. The Labute approximate surface area is 104 Å². The summed E-state index contributed by atoms with van der Waals surface area (Å²) in [5, 5.41) is 7.24. The average Bonchev–Trinajstić information content (AvgIpc) is 2.27. The molecule has 1 atom stereocenters. The Kier molecular flexibility index (Phi) is 6.68. The zero-order chi connectivity index (χ0) is 11.8. The number of morpholine rings is 1. The summed E-state index contributed by atoms with van der Waals surface area (Å²) in [4.78, 5) is 2.41. The summed E-state index contributed by atoms with van der Waals surface area (Å²) in [7, 11) is 0. The zero-order valence-electron chi connectivity index (χ0n) is 10.3. The minimum atomic E-state index is 0.384. The van der Waals surface area contributed by atoms with Crippen molar-refractivity contribution < 1.29 is 4.74 Å². The van der Waals surface area contributed by atoms with Gasteiger partial charge in [-0.3, -0.25) is 4.90 Å². The second kappa shape index (κ2) is 7.81. The molecule has 1 fully saturated rings. The average molecular weight is 245 g/mol. The highest BCUT2D eigenvalue weighted by atomic mass is 32.1. The topological polar surface area (TPSA) is 36.5 Å². The zero-order valence-corrected chi connectivity index (χ0v) is 11.1. The predicted molar refractivity (Wildman–Crippen MR) is 70.7 cm³/mol.